The summed E-state index contributed by atoms with van der Waals surface area (Å²) in [7, 11) is 4.31. The van der Waals surface area contributed by atoms with E-state index in [1.54, 1.807) is 0 Å². The van der Waals surface area contributed by atoms with E-state index in [0.29, 0.717) is 18.8 Å². The SMILES string of the molecule is CN(C)[C@@H]1C[C@@H](c2ccc3c(c2)OCO3)c2ccccc21. The largest absolute Gasteiger partial charge is 0.454 e. The second-order valence-corrected chi connectivity index (χ2v) is 6.01. The standard InChI is InChI=1S/C18H19NO2/c1-19(2)16-10-15(13-5-3-4-6-14(13)16)12-7-8-17-18(9-12)21-11-20-17/h3-9,15-16H,10-11H2,1-2H3/t15-,16+/m0/s1. The molecule has 0 spiro atoms. The van der Waals surface area contributed by atoms with E-state index in [0.717, 1.165) is 17.9 Å². The van der Waals surface area contributed by atoms with Crippen LogP contribution in [-0.2, 0) is 0 Å². The van der Waals surface area contributed by atoms with Crippen LogP contribution in [0.5, 0.6) is 11.5 Å². The van der Waals surface area contributed by atoms with Gasteiger partial charge in [0.05, 0.1) is 0 Å². The molecule has 0 N–H and O–H groups in total. The molecule has 0 bridgehead atoms. The summed E-state index contributed by atoms with van der Waals surface area (Å²) in [5.41, 5.74) is 4.20. The Morgan fingerprint density at radius 1 is 0.952 bits per heavy atom. The quantitative estimate of drug-likeness (QED) is 0.840. The number of fused-ring (bicyclic) bond motifs is 2. The highest BCUT2D eigenvalue weighted by Gasteiger charge is 2.33. The lowest BCUT2D eigenvalue weighted by Gasteiger charge is -2.20. The monoisotopic (exact) mass is 281 g/mol. The van der Waals surface area contributed by atoms with E-state index < -0.39 is 0 Å². The summed E-state index contributed by atoms with van der Waals surface area (Å²) in [6, 6.07) is 15.6. The van der Waals surface area contributed by atoms with E-state index in [-0.39, 0.29) is 0 Å². The van der Waals surface area contributed by atoms with E-state index in [2.05, 4.69) is 55.4 Å². The van der Waals surface area contributed by atoms with Gasteiger partial charge in [0.1, 0.15) is 0 Å². The molecule has 21 heavy (non-hydrogen) atoms. The number of nitrogens with zero attached hydrogens (tertiary/aromatic N) is 1. The molecule has 1 heterocycles. The fourth-order valence-corrected chi connectivity index (χ4v) is 3.54. The van der Waals surface area contributed by atoms with Gasteiger partial charge in [-0.2, -0.15) is 0 Å². The average Bonchev–Trinajstić information content (AvgIpc) is 3.10. The van der Waals surface area contributed by atoms with Gasteiger partial charge in [0.25, 0.3) is 0 Å². The van der Waals surface area contributed by atoms with Crippen LogP contribution in [0.2, 0.25) is 0 Å². The molecule has 0 radical (unpaired) electrons. The maximum atomic E-state index is 5.53. The van der Waals surface area contributed by atoms with Crippen LogP contribution in [0.3, 0.4) is 0 Å². The molecule has 0 fully saturated rings. The van der Waals surface area contributed by atoms with E-state index in [4.69, 9.17) is 9.47 Å². The lowest BCUT2D eigenvalue weighted by molar-refractivity contribution is 0.174. The molecule has 2 aromatic carbocycles. The molecule has 2 aliphatic rings. The minimum atomic E-state index is 0.334. The summed E-state index contributed by atoms with van der Waals surface area (Å²) in [5.74, 6) is 2.16. The third kappa shape index (κ3) is 2.00. The van der Waals surface area contributed by atoms with Crippen molar-refractivity contribution < 1.29 is 9.47 Å². The first kappa shape index (κ1) is 12.7. The Balaban J connectivity index is 1.76. The van der Waals surface area contributed by atoms with Gasteiger partial charge in [0.15, 0.2) is 11.5 Å². The number of hydrogen-bond donors (Lipinski definition) is 0. The summed E-state index contributed by atoms with van der Waals surface area (Å²) < 4.78 is 10.9. The summed E-state index contributed by atoms with van der Waals surface area (Å²) in [5, 5.41) is 0. The van der Waals surface area contributed by atoms with Crippen molar-refractivity contribution in [2.24, 2.45) is 0 Å². The van der Waals surface area contributed by atoms with Crippen LogP contribution in [0.4, 0.5) is 0 Å². The number of benzene rings is 2. The van der Waals surface area contributed by atoms with Crippen LogP contribution in [-0.4, -0.2) is 25.8 Å². The molecule has 3 nitrogen and oxygen atoms in total. The first-order chi connectivity index (χ1) is 10.2. The predicted molar refractivity (Wildman–Crippen MR) is 81.9 cm³/mol. The van der Waals surface area contributed by atoms with Crippen LogP contribution in [0.15, 0.2) is 42.5 Å². The van der Waals surface area contributed by atoms with Gasteiger partial charge in [-0.05, 0) is 49.3 Å². The lowest BCUT2D eigenvalue weighted by atomic mass is 9.93. The molecule has 0 saturated carbocycles. The zero-order valence-corrected chi connectivity index (χ0v) is 12.4. The Morgan fingerprint density at radius 2 is 1.71 bits per heavy atom. The average molecular weight is 281 g/mol. The molecule has 2 atom stereocenters. The fourth-order valence-electron chi connectivity index (χ4n) is 3.54. The van der Waals surface area contributed by atoms with Gasteiger partial charge in [-0.1, -0.05) is 30.3 Å². The second-order valence-electron chi connectivity index (χ2n) is 6.01. The zero-order chi connectivity index (χ0) is 14.4. The molecule has 0 unspecified atom stereocenters. The van der Waals surface area contributed by atoms with Crippen molar-refractivity contribution in [1.82, 2.24) is 4.90 Å². The van der Waals surface area contributed by atoms with Crippen LogP contribution in [0.1, 0.15) is 35.1 Å². The first-order valence-corrected chi connectivity index (χ1v) is 7.39. The molecule has 0 saturated heterocycles. The summed E-state index contributed by atoms with van der Waals surface area (Å²) in [6.45, 7) is 0.334. The molecule has 0 aromatic heterocycles. The van der Waals surface area contributed by atoms with Gasteiger partial charge >= 0.3 is 0 Å². The van der Waals surface area contributed by atoms with Crippen molar-refractivity contribution in [3.05, 3.63) is 59.2 Å². The third-order valence-electron chi connectivity index (χ3n) is 4.61. The molecule has 1 aliphatic heterocycles. The molecule has 4 rings (SSSR count). The topological polar surface area (TPSA) is 21.7 Å². The minimum absolute atomic E-state index is 0.334. The van der Waals surface area contributed by atoms with Crippen LogP contribution < -0.4 is 9.47 Å². The van der Waals surface area contributed by atoms with E-state index >= 15 is 0 Å². The van der Waals surface area contributed by atoms with E-state index in [9.17, 15) is 0 Å². The van der Waals surface area contributed by atoms with Crippen LogP contribution in [0, 0.1) is 0 Å². The van der Waals surface area contributed by atoms with Crippen molar-refractivity contribution >= 4 is 0 Å². The van der Waals surface area contributed by atoms with Crippen molar-refractivity contribution in [3.8, 4) is 11.5 Å². The van der Waals surface area contributed by atoms with E-state index in [1.165, 1.54) is 16.7 Å². The minimum Gasteiger partial charge on any atom is -0.454 e. The van der Waals surface area contributed by atoms with Gasteiger partial charge in [-0.15, -0.1) is 0 Å². The van der Waals surface area contributed by atoms with Crippen molar-refractivity contribution in [2.45, 2.75) is 18.4 Å². The molecular weight excluding hydrogens is 262 g/mol. The van der Waals surface area contributed by atoms with Gasteiger partial charge in [0, 0.05) is 12.0 Å². The Bertz CT molecular complexity index is 681. The van der Waals surface area contributed by atoms with Gasteiger partial charge in [-0.3, -0.25) is 0 Å². The van der Waals surface area contributed by atoms with E-state index in [1.807, 2.05) is 6.07 Å². The molecule has 3 heteroatoms. The highest BCUT2D eigenvalue weighted by Crippen LogP contribution is 2.47. The molecule has 0 amide bonds. The lowest BCUT2D eigenvalue weighted by Crippen LogP contribution is -2.17. The predicted octanol–water partition coefficient (Wildman–Crippen LogP) is 3.55. The van der Waals surface area contributed by atoms with Crippen LogP contribution in [0.25, 0.3) is 0 Å². The van der Waals surface area contributed by atoms with Gasteiger partial charge in [0.2, 0.25) is 6.79 Å². The Morgan fingerprint density at radius 3 is 2.52 bits per heavy atom. The summed E-state index contributed by atoms with van der Waals surface area (Å²) in [4.78, 5) is 2.31. The number of ether oxygens (including phenoxy) is 2. The maximum Gasteiger partial charge on any atom is 0.231 e. The van der Waals surface area contributed by atoms with Gasteiger partial charge < -0.3 is 14.4 Å². The smallest absolute Gasteiger partial charge is 0.231 e. The normalized spacial score (nSPS) is 22.6. The summed E-state index contributed by atoms with van der Waals surface area (Å²) >= 11 is 0. The van der Waals surface area contributed by atoms with Crippen molar-refractivity contribution in [1.29, 1.82) is 0 Å². The zero-order valence-electron chi connectivity index (χ0n) is 12.4. The second kappa shape index (κ2) is 4.78. The third-order valence-corrected chi connectivity index (χ3v) is 4.61. The Labute approximate surface area is 125 Å². The maximum absolute atomic E-state index is 5.53. The molecular formula is C18H19NO2. The van der Waals surface area contributed by atoms with Gasteiger partial charge in [-0.25, -0.2) is 0 Å². The molecule has 2 aromatic rings. The molecule has 1 aliphatic carbocycles. The Hall–Kier alpha value is -2.00. The Kier molecular flexibility index (Phi) is 2.89. The highest BCUT2D eigenvalue weighted by atomic mass is 16.7. The number of hydrogen-bond acceptors (Lipinski definition) is 3. The highest BCUT2D eigenvalue weighted by molar-refractivity contribution is 5.50. The number of rotatable bonds is 2. The fraction of sp³-hybridized carbons (Fsp3) is 0.333. The molecule has 108 valence electrons. The van der Waals surface area contributed by atoms with Crippen LogP contribution >= 0.6 is 0 Å². The van der Waals surface area contributed by atoms with Crippen molar-refractivity contribution in [3.63, 3.8) is 0 Å². The summed E-state index contributed by atoms with van der Waals surface area (Å²) in [6.07, 6.45) is 1.12. The first-order valence-electron chi connectivity index (χ1n) is 7.39. The van der Waals surface area contributed by atoms with Crippen molar-refractivity contribution in [2.75, 3.05) is 20.9 Å².